The molecule has 1 aliphatic carbocycles. The van der Waals surface area contributed by atoms with Crippen molar-refractivity contribution in [3.63, 3.8) is 0 Å². The topological polar surface area (TPSA) is 38.3 Å². The Morgan fingerprint density at radius 1 is 1.53 bits per heavy atom. The number of ether oxygens (including phenoxy) is 1. The first-order chi connectivity index (χ1) is 8.76. The van der Waals surface area contributed by atoms with Gasteiger partial charge < -0.3 is 10.1 Å². The van der Waals surface area contributed by atoms with E-state index in [0.717, 1.165) is 25.7 Å². The van der Waals surface area contributed by atoms with E-state index >= 15 is 0 Å². The number of hydrogen-bond donors (Lipinski definition) is 1. The Kier molecular flexibility index (Phi) is 5.92. The van der Waals surface area contributed by atoms with Gasteiger partial charge in [-0.15, -0.1) is 11.6 Å². The maximum atomic E-state index is 11.9. The molecule has 0 aliphatic heterocycles. The summed E-state index contributed by atoms with van der Waals surface area (Å²) in [5.74, 6) is 0.172. The third kappa shape index (κ3) is 5.99. The minimum Gasteiger partial charge on any atom is -0.362 e. The smallest absolute Gasteiger partial charge is 0.362 e. The molecular weight excluding hydrogens is 283 g/mol. The Morgan fingerprint density at radius 3 is 2.74 bits per heavy atom. The maximum Gasteiger partial charge on any atom is 0.411 e. The minimum atomic E-state index is -4.41. The summed E-state index contributed by atoms with van der Waals surface area (Å²) in [5.41, 5.74) is -0.502. The summed E-state index contributed by atoms with van der Waals surface area (Å²) >= 11 is 5.92. The normalized spacial score (nSPS) is 28.2. The molecule has 112 valence electrons. The molecule has 1 rings (SSSR count). The highest BCUT2D eigenvalue weighted by Gasteiger charge is 2.36. The highest BCUT2D eigenvalue weighted by atomic mass is 35.5. The molecule has 0 spiro atoms. The van der Waals surface area contributed by atoms with Crippen molar-refractivity contribution in [1.29, 1.82) is 0 Å². The largest absolute Gasteiger partial charge is 0.411 e. The van der Waals surface area contributed by atoms with Gasteiger partial charge in [-0.2, -0.15) is 13.2 Å². The lowest BCUT2D eigenvalue weighted by molar-refractivity contribution is -0.176. The number of nitrogens with one attached hydrogen (secondary N) is 1. The van der Waals surface area contributed by atoms with Crippen LogP contribution in [0.2, 0.25) is 0 Å². The fraction of sp³-hybridized carbons (Fsp3) is 0.917. The fourth-order valence-electron chi connectivity index (χ4n) is 2.52. The number of carbonyl (C=O) groups excluding carboxylic acids is 1. The van der Waals surface area contributed by atoms with Crippen molar-refractivity contribution in [1.82, 2.24) is 5.32 Å². The van der Waals surface area contributed by atoms with Crippen LogP contribution in [0.4, 0.5) is 13.2 Å². The second-order valence-corrected chi connectivity index (χ2v) is 5.54. The Bertz CT molecular complexity index is 312. The van der Waals surface area contributed by atoms with Gasteiger partial charge in [0.1, 0.15) is 13.2 Å². The molecule has 3 nitrogen and oxygen atoms in total. The SMILES string of the molecule is CC1CCCC(CCl)(NC(=O)COCC(F)(F)F)C1. The van der Waals surface area contributed by atoms with Gasteiger partial charge in [0.25, 0.3) is 0 Å². The lowest BCUT2D eigenvalue weighted by atomic mass is 9.77. The predicted octanol–water partition coefficient (Wildman–Crippen LogP) is 2.87. The number of halogens is 4. The fourth-order valence-corrected chi connectivity index (χ4v) is 2.83. The Balaban J connectivity index is 2.40. The van der Waals surface area contributed by atoms with E-state index in [9.17, 15) is 18.0 Å². The lowest BCUT2D eigenvalue weighted by Crippen LogP contribution is -2.53. The van der Waals surface area contributed by atoms with Gasteiger partial charge in [-0.3, -0.25) is 4.79 Å². The summed E-state index contributed by atoms with van der Waals surface area (Å²) in [6.45, 7) is 0.0734. The van der Waals surface area contributed by atoms with Crippen LogP contribution in [-0.4, -0.2) is 36.7 Å². The molecule has 1 amide bonds. The molecule has 19 heavy (non-hydrogen) atoms. The summed E-state index contributed by atoms with van der Waals surface area (Å²) in [4.78, 5) is 11.6. The van der Waals surface area contributed by atoms with Crippen LogP contribution in [0.1, 0.15) is 32.6 Å². The van der Waals surface area contributed by atoms with Crippen molar-refractivity contribution < 1.29 is 22.7 Å². The minimum absolute atomic E-state index is 0.266. The van der Waals surface area contributed by atoms with E-state index in [1.165, 1.54) is 0 Å². The zero-order valence-corrected chi connectivity index (χ0v) is 11.6. The van der Waals surface area contributed by atoms with Crippen LogP contribution >= 0.6 is 11.6 Å². The third-order valence-corrected chi connectivity index (χ3v) is 3.76. The van der Waals surface area contributed by atoms with Crippen LogP contribution in [0.3, 0.4) is 0 Å². The van der Waals surface area contributed by atoms with E-state index in [2.05, 4.69) is 17.0 Å². The molecule has 0 saturated heterocycles. The van der Waals surface area contributed by atoms with Gasteiger partial charge in [0.2, 0.25) is 5.91 Å². The highest BCUT2D eigenvalue weighted by molar-refractivity contribution is 6.18. The standard InChI is InChI=1S/C12H19ClF3NO2/c1-9-3-2-4-11(5-9,7-13)17-10(18)6-19-8-12(14,15)16/h9H,2-8H2,1H3,(H,17,18). The van der Waals surface area contributed by atoms with E-state index in [1.54, 1.807) is 0 Å². The first kappa shape index (κ1) is 16.6. The van der Waals surface area contributed by atoms with E-state index < -0.39 is 30.8 Å². The predicted molar refractivity (Wildman–Crippen MR) is 66.1 cm³/mol. The van der Waals surface area contributed by atoms with Crippen molar-refractivity contribution in [2.45, 2.75) is 44.3 Å². The average Bonchev–Trinajstić information content (AvgIpc) is 2.27. The molecule has 2 atom stereocenters. The molecule has 1 aliphatic rings. The average molecular weight is 302 g/mol. The monoisotopic (exact) mass is 301 g/mol. The molecule has 2 unspecified atom stereocenters. The van der Waals surface area contributed by atoms with Gasteiger partial charge in [-0.25, -0.2) is 0 Å². The van der Waals surface area contributed by atoms with E-state index in [1.807, 2.05) is 0 Å². The number of alkyl halides is 4. The van der Waals surface area contributed by atoms with Crippen LogP contribution in [0, 0.1) is 5.92 Å². The molecule has 0 heterocycles. The van der Waals surface area contributed by atoms with Crippen molar-refractivity contribution in [2.75, 3.05) is 19.1 Å². The van der Waals surface area contributed by atoms with E-state index in [-0.39, 0.29) is 5.88 Å². The molecule has 0 bridgehead atoms. The van der Waals surface area contributed by atoms with Crippen molar-refractivity contribution in [3.05, 3.63) is 0 Å². The van der Waals surface area contributed by atoms with Gasteiger partial charge >= 0.3 is 6.18 Å². The molecule has 7 heteroatoms. The molecular formula is C12H19ClF3NO2. The van der Waals surface area contributed by atoms with Crippen LogP contribution < -0.4 is 5.32 Å². The Morgan fingerprint density at radius 2 is 2.21 bits per heavy atom. The molecule has 0 radical (unpaired) electrons. The summed E-state index contributed by atoms with van der Waals surface area (Å²) < 4.78 is 40.0. The van der Waals surface area contributed by atoms with Crippen LogP contribution in [-0.2, 0) is 9.53 Å². The summed E-state index contributed by atoms with van der Waals surface area (Å²) in [6.07, 6.45) is -0.867. The van der Waals surface area contributed by atoms with E-state index in [4.69, 9.17) is 11.6 Å². The molecule has 0 aromatic rings. The summed E-state index contributed by atoms with van der Waals surface area (Å²) in [7, 11) is 0. The van der Waals surface area contributed by atoms with Gasteiger partial charge in [-0.05, 0) is 18.8 Å². The number of carbonyl (C=O) groups is 1. The summed E-state index contributed by atoms with van der Waals surface area (Å²) in [6, 6.07) is 0. The Labute approximate surface area is 115 Å². The van der Waals surface area contributed by atoms with Crippen molar-refractivity contribution in [3.8, 4) is 0 Å². The first-order valence-electron chi connectivity index (χ1n) is 6.28. The number of amides is 1. The van der Waals surface area contributed by atoms with Gasteiger partial charge in [0.05, 0.1) is 5.54 Å². The van der Waals surface area contributed by atoms with Crippen LogP contribution in [0.5, 0.6) is 0 Å². The van der Waals surface area contributed by atoms with Gasteiger partial charge in [0, 0.05) is 5.88 Å². The lowest BCUT2D eigenvalue weighted by Gasteiger charge is -2.39. The number of rotatable bonds is 5. The first-order valence-corrected chi connectivity index (χ1v) is 6.81. The second kappa shape index (κ2) is 6.79. The highest BCUT2D eigenvalue weighted by Crippen LogP contribution is 2.33. The van der Waals surface area contributed by atoms with Crippen molar-refractivity contribution in [2.24, 2.45) is 5.92 Å². The maximum absolute atomic E-state index is 11.9. The van der Waals surface area contributed by atoms with E-state index in [0.29, 0.717) is 5.92 Å². The zero-order valence-electron chi connectivity index (χ0n) is 10.9. The van der Waals surface area contributed by atoms with Crippen LogP contribution in [0.15, 0.2) is 0 Å². The van der Waals surface area contributed by atoms with Gasteiger partial charge in [-0.1, -0.05) is 19.8 Å². The number of hydrogen-bond acceptors (Lipinski definition) is 2. The molecule has 1 fully saturated rings. The van der Waals surface area contributed by atoms with Crippen LogP contribution in [0.25, 0.3) is 0 Å². The van der Waals surface area contributed by atoms with Gasteiger partial charge in [0.15, 0.2) is 0 Å². The molecule has 0 aromatic carbocycles. The zero-order chi connectivity index (χ0) is 14.5. The molecule has 1 saturated carbocycles. The molecule has 1 N–H and O–H groups in total. The van der Waals surface area contributed by atoms with Crippen molar-refractivity contribution >= 4 is 17.5 Å². The third-order valence-electron chi connectivity index (χ3n) is 3.25. The Hall–Kier alpha value is -0.490. The second-order valence-electron chi connectivity index (χ2n) is 5.27. The summed E-state index contributed by atoms with van der Waals surface area (Å²) in [5, 5.41) is 2.74. The quantitative estimate of drug-likeness (QED) is 0.793. The molecule has 0 aromatic heterocycles.